The largest absolute Gasteiger partial charge is 0.325 e. The van der Waals surface area contributed by atoms with E-state index in [0.29, 0.717) is 10.7 Å². The first-order valence-corrected chi connectivity index (χ1v) is 13.9. The molecule has 0 atom stereocenters. The molecule has 2 N–H and O–H groups in total. The van der Waals surface area contributed by atoms with E-state index in [2.05, 4.69) is 10.0 Å². The first-order chi connectivity index (χ1) is 15.8. The van der Waals surface area contributed by atoms with Crippen LogP contribution in [-0.4, -0.2) is 35.5 Å². The van der Waals surface area contributed by atoms with Crippen LogP contribution in [0.5, 0.6) is 0 Å². The highest BCUT2D eigenvalue weighted by atomic mass is 35.5. The Labute approximate surface area is 212 Å². The van der Waals surface area contributed by atoms with Crippen molar-refractivity contribution in [1.29, 1.82) is 0 Å². The van der Waals surface area contributed by atoms with Gasteiger partial charge in [0.1, 0.15) is 6.54 Å². The lowest BCUT2D eigenvalue weighted by Crippen LogP contribution is -2.37. The van der Waals surface area contributed by atoms with Gasteiger partial charge in [-0.25, -0.2) is 16.8 Å². The number of hydrogen-bond donors (Lipinski definition) is 2. The number of benzene rings is 3. The lowest BCUT2D eigenvalue weighted by atomic mass is 10.3. The Morgan fingerprint density at radius 1 is 0.824 bits per heavy atom. The lowest BCUT2D eigenvalue weighted by Gasteiger charge is -2.22. The van der Waals surface area contributed by atoms with Gasteiger partial charge in [-0.2, -0.15) is 0 Å². The fraction of sp³-hybridized carbons (Fsp3) is 0.0952. The molecule has 3 rings (SSSR count). The van der Waals surface area contributed by atoms with E-state index in [0.717, 1.165) is 10.6 Å². The first kappa shape index (κ1) is 26.1. The summed E-state index contributed by atoms with van der Waals surface area (Å²) in [5, 5.41) is 3.39. The molecule has 0 bridgehead atoms. The van der Waals surface area contributed by atoms with E-state index in [9.17, 15) is 21.6 Å². The van der Waals surface area contributed by atoms with Gasteiger partial charge in [0, 0.05) is 16.4 Å². The van der Waals surface area contributed by atoms with Crippen molar-refractivity contribution in [3.63, 3.8) is 0 Å². The minimum atomic E-state index is -3.87. The molecule has 3 aromatic rings. The van der Waals surface area contributed by atoms with Gasteiger partial charge < -0.3 is 5.32 Å². The molecule has 0 fully saturated rings. The topological polar surface area (TPSA) is 113 Å². The monoisotopic (exact) mass is 561 g/mol. The van der Waals surface area contributed by atoms with Crippen LogP contribution >= 0.6 is 34.8 Å². The van der Waals surface area contributed by atoms with Crippen LogP contribution < -0.4 is 14.3 Å². The van der Waals surface area contributed by atoms with E-state index in [1.807, 2.05) is 0 Å². The molecule has 180 valence electrons. The van der Waals surface area contributed by atoms with Crippen molar-refractivity contribution < 1.29 is 21.6 Å². The zero-order chi connectivity index (χ0) is 25.1. The van der Waals surface area contributed by atoms with Gasteiger partial charge in [-0.15, -0.1) is 0 Å². The molecule has 0 saturated carbocycles. The summed E-state index contributed by atoms with van der Waals surface area (Å²) < 4.78 is 52.9. The Kier molecular flexibility index (Phi) is 7.99. The fourth-order valence-electron chi connectivity index (χ4n) is 2.82. The van der Waals surface area contributed by atoms with Crippen molar-refractivity contribution in [2.24, 2.45) is 0 Å². The first-order valence-electron chi connectivity index (χ1n) is 9.46. The molecule has 0 unspecified atom stereocenters. The molecule has 13 heteroatoms. The van der Waals surface area contributed by atoms with Gasteiger partial charge in [0.05, 0.1) is 26.9 Å². The molecule has 0 heterocycles. The average Bonchev–Trinajstić information content (AvgIpc) is 2.75. The highest BCUT2D eigenvalue weighted by molar-refractivity contribution is 7.92. The van der Waals surface area contributed by atoms with E-state index < -0.39 is 32.5 Å². The van der Waals surface area contributed by atoms with Gasteiger partial charge in [0.2, 0.25) is 15.9 Å². The van der Waals surface area contributed by atoms with Gasteiger partial charge in [-0.1, -0.05) is 34.8 Å². The van der Waals surface area contributed by atoms with E-state index in [4.69, 9.17) is 34.8 Å². The maximum absolute atomic E-state index is 12.6. The molecule has 1 amide bonds. The molecule has 34 heavy (non-hydrogen) atoms. The average molecular weight is 563 g/mol. The second-order valence-electron chi connectivity index (χ2n) is 7.05. The van der Waals surface area contributed by atoms with Gasteiger partial charge in [0.15, 0.2) is 0 Å². The number of carbonyl (C=O) groups excluding carboxylic acids is 1. The standard InChI is InChI=1S/C21H18Cl3N3O5S2/c1-33(29,30)27(17-8-11-19(23)20(24)12-17)13-21(28)25-15-6-9-18(10-7-15)34(31,32)26-16-4-2-14(22)3-5-16/h2-12,26H,13H2,1H3,(H,25,28). The number of anilines is 3. The lowest BCUT2D eigenvalue weighted by molar-refractivity contribution is -0.114. The zero-order valence-corrected chi connectivity index (χ0v) is 21.4. The molecular formula is C21H18Cl3N3O5S2. The predicted octanol–water partition coefficient (Wildman–Crippen LogP) is 4.85. The number of carbonyl (C=O) groups is 1. The maximum Gasteiger partial charge on any atom is 0.261 e. The van der Waals surface area contributed by atoms with Crippen molar-refractivity contribution in [3.05, 3.63) is 81.8 Å². The molecule has 8 nitrogen and oxygen atoms in total. The molecule has 0 aliphatic carbocycles. The fourth-order valence-corrected chi connectivity index (χ4v) is 5.15. The van der Waals surface area contributed by atoms with Crippen LogP contribution in [0, 0.1) is 0 Å². The Hall–Kier alpha value is -2.50. The summed E-state index contributed by atoms with van der Waals surface area (Å²) in [6.45, 7) is -0.533. The number of nitrogens with zero attached hydrogens (tertiary/aromatic N) is 1. The third kappa shape index (κ3) is 6.77. The van der Waals surface area contributed by atoms with E-state index in [1.165, 1.54) is 54.6 Å². The Bertz CT molecular complexity index is 1410. The molecule has 0 aliphatic heterocycles. The third-order valence-corrected chi connectivity index (χ3v) is 7.95. The van der Waals surface area contributed by atoms with E-state index in [1.54, 1.807) is 12.1 Å². The van der Waals surface area contributed by atoms with E-state index >= 15 is 0 Å². The highest BCUT2D eigenvalue weighted by Gasteiger charge is 2.22. The summed E-state index contributed by atoms with van der Waals surface area (Å²) in [5.41, 5.74) is 0.782. The number of halogens is 3. The second-order valence-corrected chi connectivity index (χ2v) is 11.9. The zero-order valence-electron chi connectivity index (χ0n) is 17.5. The minimum Gasteiger partial charge on any atom is -0.325 e. The van der Waals surface area contributed by atoms with Crippen LogP contribution in [0.15, 0.2) is 71.6 Å². The van der Waals surface area contributed by atoms with Crippen LogP contribution in [0.25, 0.3) is 0 Å². The number of nitrogens with one attached hydrogen (secondary N) is 2. The van der Waals surface area contributed by atoms with Gasteiger partial charge in [-0.3, -0.25) is 13.8 Å². The van der Waals surface area contributed by atoms with Crippen LogP contribution in [0.2, 0.25) is 15.1 Å². The summed E-state index contributed by atoms with van der Waals surface area (Å²) in [6.07, 6.45) is 0.954. The van der Waals surface area contributed by atoms with Crippen LogP contribution in [-0.2, 0) is 24.8 Å². The Morgan fingerprint density at radius 2 is 1.41 bits per heavy atom. The van der Waals surface area contributed by atoms with Gasteiger partial charge in [0.25, 0.3) is 10.0 Å². The summed E-state index contributed by atoms with van der Waals surface area (Å²) in [6, 6.07) is 15.7. The second kappa shape index (κ2) is 10.4. The molecular weight excluding hydrogens is 545 g/mol. The van der Waals surface area contributed by atoms with Crippen molar-refractivity contribution in [3.8, 4) is 0 Å². The van der Waals surface area contributed by atoms with Crippen molar-refractivity contribution in [2.75, 3.05) is 27.1 Å². The van der Waals surface area contributed by atoms with Crippen molar-refractivity contribution >= 4 is 77.8 Å². The Balaban J connectivity index is 1.71. The summed E-state index contributed by atoms with van der Waals surface area (Å²) in [7, 11) is -7.69. The predicted molar refractivity (Wildman–Crippen MR) is 136 cm³/mol. The summed E-state index contributed by atoms with van der Waals surface area (Å²) in [5.74, 6) is -0.647. The molecule has 0 saturated heterocycles. The molecule has 0 aliphatic rings. The van der Waals surface area contributed by atoms with E-state index in [-0.39, 0.29) is 26.3 Å². The van der Waals surface area contributed by atoms with Crippen molar-refractivity contribution in [2.45, 2.75) is 4.90 Å². The molecule has 3 aromatic carbocycles. The maximum atomic E-state index is 12.6. The van der Waals surface area contributed by atoms with Gasteiger partial charge >= 0.3 is 0 Å². The highest BCUT2D eigenvalue weighted by Crippen LogP contribution is 2.28. The number of hydrogen-bond acceptors (Lipinski definition) is 5. The third-order valence-electron chi connectivity index (χ3n) is 4.42. The van der Waals surface area contributed by atoms with Crippen LogP contribution in [0.1, 0.15) is 0 Å². The quantitative estimate of drug-likeness (QED) is 0.407. The molecule has 0 spiro atoms. The molecule has 0 radical (unpaired) electrons. The van der Waals surface area contributed by atoms with Gasteiger partial charge in [-0.05, 0) is 66.7 Å². The normalized spacial score (nSPS) is 11.6. The SMILES string of the molecule is CS(=O)(=O)N(CC(=O)Nc1ccc(S(=O)(=O)Nc2ccc(Cl)cc2)cc1)c1ccc(Cl)c(Cl)c1. The van der Waals surface area contributed by atoms with Crippen LogP contribution in [0.4, 0.5) is 17.1 Å². The Morgan fingerprint density at radius 3 is 1.97 bits per heavy atom. The van der Waals surface area contributed by atoms with Crippen molar-refractivity contribution in [1.82, 2.24) is 0 Å². The smallest absolute Gasteiger partial charge is 0.261 e. The summed E-state index contributed by atoms with van der Waals surface area (Å²) >= 11 is 17.7. The number of amides is 1. The molecule has 0 aromatic heterocycles. The van der Waals surface area contributed by atoms with Crippen LogP contribution in [0.3, 0.4) is 0 Å². The number of rotatable bonds is 8. The summed E-state index contributed by atoms with van der Waals surface area (Å²) in [4.78, 5) is 12.5. The number of sulfonamides is 2. The minimum absolute atomic E-state index is 0.0333.